The lowest BCUT2D eigenvalue weighted by Gasteiger charge is -2.22. The highest BCUT2D eigenvalue weighted by molar-refractivity contribution is 7.15. The summed E-state index contributed by atoms with van der Waals surface area (Å²) in [6, 6.07) is 18.6. The summed E-state index contributed by atoms with van der Waals surface area (Å²) in [6.07, 6.45) is 3.44. The number of thiazole rings is 1. The van der Waals surface area contributed by atoms with Gasteiger partial charge in [-0.05, 0) is 12.5 Å². The van der Waals surface area contributed by atoms with E-state index in [0.29, 0.717) is 19.5 Å². The molecule has 0 saturated carbocycles. The fraction of sp³-hybridized carbons (Fsp3) is 0.250. The molecule has 29 heavy (non-hydrogen) atoms. The molecule has 2 heterocycles. The monoisotopic (exact) mass is 403 g/mol. The number of amides is 1. The predicted octanol–water partition coefficient (Wildman–Crippen LogP) is 5.35. The van der Waals surface area contributed by atoms with Gasteiger partial charge in [0.25, 0.3) is 0 Å². The van der Waals surface area contributed by atoms with E-state index in [1.54, 1.807) is 11.3 Å². The highest BCUT2D eigenvalue weighted by Crippen LogP contribution is 2.24. The largest absolute Gasteiger partial charge is 0.338 e. The van der Waals surface area contributed by atoms with Crippen LogP contribution in [0, 0.1) is 6.92 Å². The van der Waals surface area contributed by atoms with Crippen molar-refractivity contribution in [2.75, 3.05) is 6.54 Å². The van der Waals surface area contributed by atoms with E-state index in [4.69, 9.17) is 4.98 Å². The van der Waals surface area contributed by atoms with Crippen LogP contribution < -0.4 is 0 Å². The minimum Gasteiger partial charge on any atom is -0.338 e. The second-order valence-corrected chi connectivity index (χ2v) is 8.11. The Morgan fingerprint density at radius 3 is 2.59 bits per heavy atom. The highest BCUT2D eigenvalue weighted by Gasteiger charge is 2.15. The Hall–Kier alpha value is -2.92. The van der Waals surface area contributed by atoms with E-state index in [0.717, 1.165) is 28.2 Å². The number of aryl methyl sites for hydroxylation is 1. The lowest BCUT2D eigenvalue weighted by atomic mass is 10.1. The molecule has 0 N–H and O–H groups in total. The Morgan fingerprint density at radius 1 is 1.10 bits per heavy atom. The Morgan fingerprint density at radius 2 is 1.86 bits per heavy atom. The molecule has 1 amide bonds. The number of benzene rings is 2. The van der Waals surface area contributed by atoms with Crippen molar-refractivity contribution in [2.24, 2.45) is 0 Å². The molecule has 0 bridgehead atoms. The third-order valence-electron chi connectivity index (χ3n) is 5.14. The average molecular weight is 404 g/mol. The molecule has 4 rings (SSSR count). The van der Waals surface area contributed by atoms with Crippen molar-refractivity contribution in [1.29, 1.82) is 0 Å². The second-order valence-electron chi connectivity index (χ2n) is 7.28. The van der Waals surface area contributed by atoms with Crippen LogP contribution in [0.3, 0.4) is 0 Å². The van der Waals surface area contributed by atoms with E-state index < -0.39 is 0 Å². The summed E-state index contributed by atoms with van der Waals surface area (Å²) in [7, 11) is 0. The summed E-state index contributed by atoms with van der Waals surface area (Å²) in [5.74, 6) is 0.186. The molecule has 0 aliphatic heterocycles. The smallest absolute Gasteiger partial charge is 0.222 e. The molecule has 4 nitrogen and oxygen atoms in total. The third-order valence-corrected chi connectivity index (χ3v) is 6.03. The molecular formula is C24H25N3OS. The van der Waals surface area contributed by atoms with Crippen LogP contribution in [0.4, 0.5) is 0 Å². The van der Waals surface area contributed by atoms with Crippen LogP contribution in [0.1, 0.15) is 30.2 Å². The number of fused-ring (bicyclic) bond motifs is 1. The Balaban J connectivity index is 1.51. The van der Waals surface area contributed by atoms with Crippen LogP contribution in [0.15, 0.2) is 66.2 Å². The van der Waals surface area contributed by atoms with Gasteiger partial charge < -0.3 is 4.90 Å². The Labute approximate surface area is 175 Å². The summed E-state index contributed by atoms with van der Waals surface area (Å²) in [5, 5.41) is 2.15. The quantitative estimate of drug-likeness (QED) is 0.417. The zero-order valence-electron chi connectivity index (χ0n) is 16.8. The highest BCUT2D eigenvalue weighted by atomic mass is 32.1. The van der Waals surface area contributed by atoms with Crippen molar-refractivity contribution in [3.8, 4) is 11.3 Å². The van der Waals surface area contributed by atoms with E-state index in [1.807, 2.05) is 30.0 Å². The standard InChI is InChI=1S/C24H25N3OS/c1-3-23(28)26(15-19-7-5-4-6-8-19)14-13-21-17-29-24-25-22(16-27(21)24)20-11-9-18(2)10-12-20/h4-12,16-17H,3,13-15H2,1-2H3. The van der Waals surface area contributed by atoms with E-state index in [-0.39, 0.29) is 5.91 Å². The van der Waals surface area contributed by atoms with Gasteiger partial charge in [0.2, 0.25) is 5.91 Å². The first-order valence-corrected chi connectivity index (χ1v) is 10.9. The molecule has 4 aromatic rings. The average Bonchev–Trinajstić information content (AvgIpc) is 3.33. The van der Waals surface area contributed by atoms with Crippen LogP contribution >= 0.6 is 11.3 Å². The van der Waals surface area contributed by atoms with Crippen LogP contribution in [0.2, 0.25) is 0 Å². The van der Waals surface area contributed by atoms with Gasteiger partial charge in [-0.1, -0.05) is 67.1 Å². The molecule has 2 aromatic carbocycles. The van der Waals surface area contributed by atoms with Crippen molar-refractivity contribution in [2.45, 2.75) is 33.2 Å². The summed E-state index contributed by atoms with van der Waals surface area (Å²) in [6.45, 7) is 5.37. The van der Waals surface area contributed by atoms with Gasteiger partial charge in [0, 0.05) is 48.8 Å². The number of imidazole rings is 1. The van der Waals surface area contributed by atoms with Gasteiger partial charge in [0.05, 0.1) is 5.69 Å². The number of carbonyl (C=O) groups excluding carboxylic acids is 1. The van der Waals surface area contributed by atoms with Crippen molar-refractivity contribution in [3.05, 3.63) is 83.0 Å². The van der Waals surface area contributed by atoms with E-state index in [9.17, 15) is 4.79 Å². The molecule has 148 valence electrons. The fourth-order valence-corrected chi connectivity index (χ4v) is 4.35. The van der Waals surface area contributed by atoms with Gasteiger partial charge in [-0.3, -0.25) is 9.20 Å². The maximum absolute atomic E-state index is 12.5. The van der Waals surface area contributed by atoms with Gasteiger partial charge in [-0.2, -0.15) is 0 Å². The lowest BCUT2D eigenvalue weighted by Crippen LogP contribution is -2.32. The molecule has 0 atom stereocenters. The maximum atomic E-state index is 12.5. The van der Waals surface area contributed by atoms with Crippen molar-refractivity contribution >= 4 is 22.2 Å². The van der Waals surface area contributed by atoms with Crippen LogP contribution in [-0.4, -0.2) is 26.7 Å². The zero-order valence-corrected chi connectivity index (χ0v) is 17.7. The Kier molecular flexibility index (Phi) is 5.76. The van der Waals surface area contributed by atoms with Crippen molar-refractivity contribution in [1.82, 2.24) is 14.3 Å². The SMILES string of the molecule is CCC(=O)N(CCc1csc2nc(-c3ccc(C)cc3)cn12)Cc1ccccc1. The molecule has 0 spiro atoms. The summed E-state index contributed by atoms with van der Waals surface area (Å²) in [4.78, 5) is 20.2. The van der Waals surface area contributed by atoms with E-state index in [2.05, 4.69) is 59.3 Å². The molecule has 0 radical (unpaired) electrons. The van der Waals surface area contributed by atoms with Crippen LogP contribution in [-0.2, 0) is 17.8 Å². The molecule has 5 heteroatoms. The molecule has 0 fully saturated rings. The first kappa shape index (κ1) is 19.4. The molecule has 0 aliphatic rings. The topological polar surface area (TPSA) is 37.6 Å². The first-order chi connectivity index (χ1) is 14.1. The normalized spacial score (nSPS) is 11.1. The molecule has 0 saturated heterocycles. The number of hydrogen-bond donors (Lipinski definition) is 0. The lowest BCUT2D eigenvalue weighted by molar-refractivity contribution is -0.131. The summed E-state index contributed by atoms with van der Waals surface area (Å²) in [5.41, 5.74) is 5.72. The van der Waals surface area contributed by atoms with E-state index in [1.165, 1.54) is 11.3 Å². The predicted molar refractivity (Wildman–Crippen MR) is 119 cm³/mol. The summed E-state index contributed by atoms with van der Waals surface area (Å²) < 4.78 is 2.16. The van der Waals surface area contributed by atoms with Crippen molar-refractivity contribution in [3.63, 3.8) is 0 Å². The minimum atomic E-state index is 0.186. The molecular weight excluding hydrogens is 378 g/mol. The third kappa shape index (κ3) is 4.40. The minimum absolute atomic E-state index is 0.186. The zero-order chi connectivity index (χ0) is 20.2. The van der Waals surface area contributed by atoms with Gasteiger partial charge in [-0.25, -0.2) is 4.98 Å². The number of rotatable bonds is 7. The molecule has 2 aromatic heterocycles. The fourth-order valence-electron chi connectivity index (χ4n) is 3.44. The second kappa shape index (κ2) is 8.62. The number of nitrogens with zero attached hydrogens (tertiary/aromatic N) is 3. The van der Waals surface area contributed by atoms with Crippen molar-refractivity contribution < 1.29 is 4.79 Å². The molecule has 0 aliphatic carbocycles. The van der Waals surface area contributed by atoms with Gasteiger partial charge in [0.15, 0.2) is 4.96 Å². The molecule has 0 unspecified atom stereocenters. The summed E-state index contributed by atoms with van der Waals surface area (Å²) >= 11 is 1.65. The number of aromatic nitrogens is 2. The van der Waals surface area contributed by atoms with Gasteiger partial charge in [0.1, 0.15) is 0 Å². The van der Waals surface area contributed by atoms with E-state index >= 15 is 0 Å². The van der Waals surface area contributed by atoms with Crippen LogP contribution in [0.25, 0.3) is 16.2 Å². The van der Waals surface area contributed by atoms with Gasteiger partial charge >= 0.3 is 0 Å². The van der Waals surface area contributed by atoms with Gasteiger partial charge in [-0.15, -0.1) is 11.3 Å². The number of carbonyl (C=O) groups is 1. The Bertz CT molecular complexity index is 1100. The van der Waals surface area contributed by atoms with Crippen LogP contribution in [0.5, 0.6) is 0 Å². The maximum Gasteiger partial charge on any atom is 0.222 e. The first-order valence-electron chi connectivity index (χ1n) is 9.98. The number of hydrogen-bond acceptors (Lipinski definition) is 3.